The maximum Gasteiger partial charge on any atom is 0.472 e. The molecule has 0 amide bonds. The average molecular weight is 543 g/mol. The first-order valence-electron chi connectivity index (χ1n) is 10.1. The Morgan fingerprint density at radius 3 is 2.33 bits per heavy atom. The molecule has 0 aromatic carbocycles. The summed E-state index contributed by atoms with van der Waals surface area (Å²) in [6.07, 6.45) is -14.8. The lowest BCUT2D eigenvalue weighted by Crippen LogP contribution is -2.47. The summed E-state index contributed by atoms with van der Waals surface area (Å²) in [6, 6.07) is 1.23. The van der Waals surface area contributed by atoms with Gasteiger partial charge in [-0.25, -0.2) is 14.2 Å². The molecular weight excluding hydrogens is 517 g/mol. The molecule has 2 heterocycles. The summed E-state index contributed by atoms with van der Waals surface area (Å²) in [5, 5.41) is 67.7. The third-order valence-electron chi connectivity index (χ3n) is 5.04. The van der Waals surface area contributed by atoms with Gasteiger partial charge in [0, 0.05) is 12.6 Å². The van der Waals surface area contributed by atoms with Crippen LogP contribution < -0.4 is 11.4 Å². The number of phosphoric acid groups is 1. The van der Waals surface area contributed by atoms with Gasteiger partial charge in [-0.15, -0.1) is 0 Å². The van der Waals surface area contributed by atoms with Gasteiger partial charge in [0.1, 0.15) is 42.4 Å². The highest BCUT2D eigenvalue weighted by atomic mass is 31.2. The number of hydrogen-bond acceptors (Lipinski definition) is 15. The monoisotopic (exact) mass is 543 g/mol. The van der Waals surface area contributed by atoms with E-state index in [1.54, 1.807) is 0 Å². The fraction of sp³-hybridized carbons (Fsp3) is 0.647. The number of aromatic nitrogens is 2. The maximum absolute atomic E-state index is 12.1. The van der Waals surface area contributed by atoms with Crippen molar-refractivity contribution in [2.24, 2.45) is 0 Å². The predicted molar refractivity (Wildman–Crippen MR) is 112 cm³/mol. The Labute approximate surface area is 201 Å². The molecular formula is C17H26N3O15P. The molecule has 204 valence electrons. The van der Waals surface area contributed by atoms with Crippen LogP contribution >= 0.6 is 7.82 Å². The fourth-order valence-electron chi connectivity index (χ4n) is 3.04. The first-order valence-corrected chi connectivity index (χ1v) is 11.6. The van der Waals surface area contributed by atoms with Gasteiger partial charge in [-0.3, -0.25) is 18.4 Å². The Morgan fingerprint density at radius 1 is 1.14 bits per heavy atom. The number of carbonyl (C=O) groups excluding carboxylic acids is 1. The fourth-order valence-corrected chi connectivity index (χ4v) is 3.79. The van der Waals surface area contributed by atoms with Crippen molar-refractivity contribution < 1.29 is 68.6 Å². The third-order valence-corrected chi connectivity index (χ3v) is 6.00. The molecule has 1 saturated heterocycles. The zero-order chi connectivity index (χ0) is 27.4. The number of carboxylic acids is 1. The summed E-state index contributed by atoms with van der Waals surface area (Å²) < 4.78 is 27.3. The molecule has 0 spiro atoms. The molecule has 0 bridgehead atoms. The Balaban J connectivity index is 1.89. The molecule has 1 aliphatic rings. The van der Waals surface area contributed by atoms with E-state index in [2.05, 4.69) is 14.0 Å². The molecule has 19 heteroatoms. The normalized spacial score (nSPS) is 27.1. The van der Waals surface area contributed by atoms with Crippen molar-refractivity contribution >= 4 is 25.4 Å². The molecule has 0 radical (unpaired) electrons. The van der Waals surface area contributed by atoms with Gasteiger partial charge in [0.2, 0.25) is 5.78 Å². The van der Waals surface area contributed by atoms with Crippen molar-refractivity contribution in [3.8, 4) is 0 Å². The van der Waals surface area contributed by atoms with Crippen molar-refractivity contribution in [2.75, 3.05) is 18.9 Å². The lowest BCUT2D eigenvalue weighted by molar-refractivity contribution is -0.153. The summed E-state index contributed by atoms with van der Waals surface area (Å²) in [5.41, 5.74) is 4.47. The van der Waals surface area contributed by atoms with E-state index in [4.69, 9.17) is 15.6 Å². The van der Waals surface area contributed by atoms with E-state index in [0.717, 1.165) is 10.8 Å². The van der Waals surface area contributed by atoms with E-state index in [1.807, 2.05) is 0 Å². The Bertz CT molecular complexity index is 1040. The number of anilines is 1. The van der Waals surface area contributed by atoms with E-state index < -0.39 is 93.9 Å². The van der Waals surface area contributed by atoms with Crippen LogP contribution in [0.25, 0.3) is 0 Å². The molecule has 9 atom stereocenters. The first kappa shape index (κ1) is 29.9. The third kappa shape index (κ3) is 7.58. The van der Waals surface area contributed by atoms with E-state index in [9.17, 15) is 54.5 Å². The zero-order valence-corrected chi connectivity index (χ0v) is 19.1. The van der Waals surface area contributed by atoms with Crippen LogP contribution in [0.2, 0.25) is 0 Å². The molecule has 1 aromatic heterocycles. The number of Topliss-reactive ketones (excluding diaryl/α,β-unsaturated/α-hetero) is 1. The smallest absolute Gasteiger partial charge is 0.472 e. The van der Waals surface area contributed by atoms with Gasteiger partial charge in [0.05, 0.1) is 19.3 Å². The van der Waals surface area contributed by atoms with Crippen LogP contribution in [0, 0.1) is 0 Å². The van der Waals surface area contributed by atoms with Crippen LogP contribution in [0.15, 0.2) is 17.1 Å². The molecule has 1 aliphatic heterocycles. The van der Waals surface area contributed by atoms with E-state index in [-0.39, 0.29) is 5.82 Å². The van der Waals surface area contributed by atoms with E-state index >= 15 is 0 Å². The van der Waals surface area contributed by atoms with Gasteiger partial charge in [-0.2, -0.15) is 4.98 Å². The van der Waals surface area contributed by atoms with Gasteiger partial charge < -0.3 is 51.1 Å². The largest absolute Gasteiger partial charge is 0.475 e. The standard InChI is InChI=1S/C17H26N3O15P/c18-10-1-2-20(17(30)19-10)15-14(27)13(26)9(35-15)5-34-36(31,32)33-4-8(23)12(25)11(24)6(21)3-7(22)16(28)29/h1-2,6,8-9,11-15,21,23-27H,3-5H2,(H,28,29)(H,31,32)(H2,18,19,30). The minimum Gasteiger partial charge on any atom is -0.475 e. The van der Waals surface area contributed by atoms with E-state index in [0.29, 0.717) is 0 Å². The second-order valence-corrected chi connectivity index (χ2v) is 9.15. The summed E-state index contributed by atoms with van der Waals surface area (Å²) in [7, 11) is -5.00. The number of nitrogens with zero attached hydrogens (tertiary/aromatic N) is 2. The van der Waals surface area contributed by atoms with Crippen LogP contribution in [-0.2, 0) is 27.9 Å². The van der Waals surface area contributed by atoms with Gasteiger partial charge in [0.25, 0.3) is 0 Å². The van der Waals surface area contributed by atoms with Crippen LogP contribution in [0.1, 0.15) is 12.6 Å². The molecule has 1 aromatic rings. The van der Waals surface area contributed by atoms with Crippen molar-refractivity contribution in [1.29, 1.82) is 0 Å². The zero-order valence-electron chi connectivity index (χ0n) is 18.2. The number of ether oxygens (including phenoxy) is 1. The highest BCUT2D eigenvalue weighted by molar-refractivity contribution is 7.47. The number of aliphatic carboxylic acids is 1. The number of ketones is 1. The Morgan fingerprint density at radius 2 is 1.75 bits per heavy atom. The lowest BCUT2D eigenvalue weighted by Gasteiger charge is -2.26. The number of rotatable bonds is 13. The molecule has 9 unspecified atom stereocenters. The Hall–Kier alpha value is -2.35. The van der Waals surface area contributed by atoms with Gasteiger partial charge in [-0.05, 0) is 6.07 Å². The minimum absolute atomic E-state index is 0.106. The number of aliphatic hydroxyl groups excluding tert-OH is 6. The molecule has 18 nitrogen and oxygen atoms in total. The number of phosphoric ester groups is 1. The molecule has 1 fully saturated rings. The van der Waals surface area contributed by atoms with Crippen molar-refractivity contribution in [3.63, 3.8) is 0 Å². The van der Waals surface area contributed by atoms with Gasteiger partial charge in [0.15, 0.2) is 6.23 Å². The second-order valence-electron chi connectivity index (χ2n) is 7.70. The van der Waals surface area contributed by atoms with Crippen LogP contribution in [0.3, 0.4) is 0 Å². The van der Waals surface area contributed by atoms with Gasteiger partial charge >= 0.3 is 19.5 Å². The molecule has 0 aliphatic carbocycles. The minimum atomic E-state index is -5.00. The number of carboxylic acid groups (broad SMARTS) is 1. The second kappa shape index (κ2) is 12.3. The average Bonchev–Trinajstić information content (AvgIpc) is 3.08. The van der Waals surface area contributed by atoms with Crippen LogP contribution in [-0.4, -0.2) is 118 Å². The summed E-state index contributed by atoms with van der Waals surface area (Å²) in [4.78, 5) is 46.7. The first-order chi connectivity index (χ1) is 16.6. The highest BCUT2D eigenvalue weighted by Gasteiger charge is 2.45. The summed E-state index contributed by atoms with van der Waals surface area (Å²) in [6.45, 7) is -1.99. The number of nitrogens with two attached hydrogens (primary N) is 1. The molecule has 0 saturated carbocycles. The number of nitrogen functional groups attached to an aromatic ring is 1. The van der Waals surface area contributed by atoms with Crippen LogP contribution in [0.4, 0.5) is 5.82 Å². The van der Waals surface area contributed by atoms with Crippen LogP contribution in [0.5, 0.6) is 0 Å². The molecule has 10 N–H and O–H groups in total. The molecule has 36 heavy (non-hydrogen) atoms. The topological polar surface area (TPSA) is 302 Å². The van der Waals surface area contributed by atoms with Crippen molar-refractivity contribution in [2.45, 2.75) is 55.4 Å². The lowest BCUT2D eigenvalue weighted by atomic mass is 9.99. The Kier molecular flexibility index (Phi) is 10.2. The predicted octanol–water partition coefficient (Wildman–Crippen LogP) is -4.93. The van der Waals surface area contributed by atoms with Crippen molar-refractivity contribution in [1.82, 2.24) is 9.55 Å². The molecule has 2 rings (SSSR count). The highest BCUT2D eigenvalue weighted by Crippen LogP contribution is 2.44. The quantitative estimate of drug-likeness (QED) is 0.0831. The summed E-state index contributed by atoms with van der Waals surface area (Å²) in [5.74, 6) is -3.48. The van der Waals surface area contributed by atoms with Crippen molar-refractivity contribution in [3.05, 3.63) is 22.7 Å². The van der Waals surface area contributed by atoms with Gasteiger partial charge in [-0.1, -0.05) is 0 Å². The number of hydrogen-bond donors (Lipinski definition) is 9. The van der Waals surface area contributed by atoms with E-state index in [1.165, 1.54) is 6.07 Å². The maximum atomic E-state index is 12.1. The summed E-state index contributed by atoms with van der Waals surface area (Å²) >= 11 is 0. The number of aliphatic hydroxyl groups is 6. The SMILES string of the molecule is Nc1ccn(C2OC(COP(=O)(O)OCC(O)C(O)C(O)C(O)CC(=O)C(=O)O)C(O)C2O)c(=O)n1. The number of carbonyl (C=O) groups is 2.